The van der Waals surface area contributed by atoms with Crippen molar-refractivity contribution in [2.24, 2.45) is 5.92 Å². The molecule has 106 valence electrons. The Bertz CT molecular complexity index is 381. The molecular weight excluding hydrogens is 240 g/mol. The maximum absolute atomic E-state index is 12.5. The van der Waals surface area contributed by atoms with E-state index in [1.54, 1.807) is 18.4 Å². The number of likely N-dealkylation sites (N-methyl/N-ethyl adjacent to an activating group) is 1. The van der Waals surface area contributed by atoms with Gasteiger partial charge in [-0.1, -0.05) is 6.92 Å². The van der Waals surface area contributed by atoms with E-state index >= 15 is 0 Å². The first-order chi connectivity index (χ1) is 9.22. The molecule has 1 N–H and O–H groups in total. The summed E-state index contributed by atoms with van der Waals surface area (Å²) < 4.78 is 5.26. The fourth-order valence-electron chi connectivity index (χ4n) is 2.78. The van der Waals surface area contributed by atoms with Crippen LogP contribution in [0.5, 0.6) is 0 Å². The normalized spacial score (nSPS) is 23.3. The van der Waals surface area contributed by atoms with Crippen LogP contribution in [0.4, 0.5) is 0 Å². The molecule has 0 radical (unpaired) electrons. The van der Waals surface area contributed by atoms with Gasteiger partial charge in [0.1, 0.15) is 0 Å². The molecule has 0 saturated heterocycles. The average Bonchev–Trinajstić information content (AvgIpc) is 2.95. The molecule has 1 aromatic rings. The number of amides is 1. The zero-order valence-corrected chi connectivity index (χ0v) is 11.9. The van der Waals surface area contributed by atoms with Gasteiger partial charge in [0.2, 0.25) is 0 Å². The van der Waals surface area contributed by atoms with Crippen molar-refractivity contribution in [1.82, 2.24) is 10.2 Å². The van der Waals surface area contributed by atoms with Crippen LogP contribution < -0.4 is 5.32 Å². The number of hydrogen-bond donors (Lipinski definition) is 1. The van der Waals surface area contributed by atoms with E-state index in [1.807, 2.05) is 11.9 Å². The van der Waals surface area contributed by atoms with E-state index in [-0.39, 0.29) is 5.91 Å². The van der Waals surface area contributed by atoms with E-state index in [0.717, 1.165) is 31.8 Å². The first-order valence-corrected chi connectivity index (χ1v) is 7.21. The number of carbonyl (C=O) groups excluding carboxylic acids is 1. The number of rotatable bonds is 5. The highest BCUT2D eigenvalue weighted by molar-refractivity contribution is 5.91. The summed E-state index contributed by atoms with van der Waals surface area (Å²) in [6.07, 6.45) is 6.21. The van der Waals surface area contributed by atoms with Crippen LogP contribution in [0, 0.1) is 5.92 Å². The number of nitrogens with zero attached hydrogens (tertiary/aromatic N) is 1. The van der Waals surface area contributed by atoms with Crippen LogP contribution in [0.15, 0.2) is 22.8 Å². The van der Waals surface area contributed by atoms with Gasteiger partial charge in [-0.2, -0.15) is 0 Å². The lowest BCUT2D eigenvalue weighted by atomic mass is 9.86. The van der Waals surface area contributed by atoms with Gasteiger partial charge < -0.3 is 14.6 Å². The number of nitrogens with one attached hydrogen (secondary N) is 1. The van der Waals surface area contributed by atoms with Gasteiger partial charge in [0, 0.05) is 19.1 Å². The van der Waals surface area contributed by atoms with Crippen LogP contribution in [-0.2, 0) is 0 Å². The molecule has 1 fully saturated rings. The highest BCUT2D eigenvalue weighted by Gasteiger charge is 2.28. The van der Waals surface area contributed by atoms with Gasteiger partial charge in [0.15, 0.2) is 5.76 Å². The predicted molar refractivity (Wildman–Crippen MR) is 75.1 cm³/mol. The molecule has 4 heteroatoms. The SMILES string of the molecule is CNCCN(C(=O)c1ccco1)[C@H]1CC[C@H](C)CC1. The fourth-order valence-corrected chi connectivity index (χ4v) is 2.78. The maximum atomic E-state index is 12.5. The van der Waals surface area contributed by atoms with Crippen LogP contribution in [0.1, 0.15) is 43.2 Å². The molecule has 4 nitrogen and oxygen atoms in total. The van der Waals surface area contributed by atoms with Crippen LogP contribution in [0.25, 0.3) is 0 Å². The molecular formula is C15H24N2O2. The Morgan fingerprint density at radius 3 is 2.74 bits per heavy atom. The molecule has 1 saturated carbocycles. The van der Waals surface area contributed by atoms with Crippen molar-refractivity contribution in [2.45, 2.75) is 38.6 Å². The van der Waals surface area contributed by atoms with E-state index in [0.29, 0.717) is 11.8 Å². The second kappa shape index (κ2) is 6.75. The summed E-state index contributed by atoms with van der Waals surface area (Å²) in [7, 11) is 1.92. The molecule has 1 heterocycles. The summed E-state index contributed by atoms with van der Waals surface area (Å²) in [5.41, 5.74) is 0. The molecule has 0 aromatic carbocycles. The molecule has 1 amide bonds. The Balaban J connectivity index is 2.04. The van der Waals surface area contributed by atoms with E-state index in [1.165, 1.54) is 12.8 Å². The molecule has 0 atom stereocenters. The Morgan fingerprint density at radius 1 is 1.42 bits per heavy atom. The zero-order chi connectivity index (χ0) is 13.7. The lowest BCUT2D eigenvalue weighted by Crippen LogP contribution is -2.45. The van der Waals surface area contributed by atoms with E-state index in [2.05, 4.69) is 12.2 Å². The van der Waals surface area contributed by atoms with E-state index in [9.17, 15) is 4.79 Å². The average molecular weight is 264 g/mol. The zero-order valence-electron chi connectivity index (χ0n) is 11.9. The van der Waals surface area contributed by atoms with Gasteiger partial charge in [-0.15, -0.1) is 0 Å². The highest BCUT2D eigenvalue weighted by Crippen LogP contribution is 2.27. The monoisotopic (exact) mass is 264 g/mol. The predicted octanol–water partition coefficient (Wildman–Crippen LogP) is 2.52. The van der Waals surface area contributed by atoms with Crippen molar-refractivity contribution in [2.75, 3.05) is 20.1 Å². The summed E-state index contributed by atoms with van der Waals surface area (Å²) >= 11 is 0. The van der Waals surface area contributed by atoms with Gasteiger partial charge in [-0.3, -0.25) is 4.79 Å². The number of furan rings is 1. The smallest absolute Gasteiger partial charge is 0.289 e. The maximum Gasteiger partial charge on any atom is 0.289 e. The van der Waals surface area contributed by atoms with Crippen molar-refractivity contribution in [3.63, 3.8) is 0 Å². The Hall–Kier alpha value is -1.29. The molecule has 0 spiro atoms. The molecule has 0 bridgehead atoms. The molecule has 1 aromatic heterocycles. The Labute approximate surface area is 115 Å². The number of carbonyl (C=O) groups is 1. The lowest BCUT2D eigenvalue weighted by Gasteiger charge is -2.35. The van der Waals surface area contributed by atoms with Gasteiger partial charge in [-0.25, -0.2) is 0 Å². The van der Waals surface area contributed by atoms with Gasteiger partial charge in [-0.05, 0) is 50.8 Å². The van der Waals surface area contributed by atoms with Gasteiger partial charge in [0.05, 0.1) is 6.26 Å². The quantitative estimate of drug-likeness (QED) is 0.889. The van der Waals surface area contributed by atoms with Crippen molar-refractivity contribution in [3.05, 3.63) is 24.2 Å². The minimum absolute atomic E-state index is 0.0276. The van der Waals surface area contributed by atoms with Crippen molar-refractivity contribution >= 4 is 5.91 Å². The second-order valence-corrected chi connectivity index (χ2v) is 5.49. The van der Waals surface area contributed by atoms with Crippen LogP contribution in [-0.4, -0.2) is 37.0 Å². The van der Waals surface area contributed by atoms with Crippen LogP contribution >= 0.6 is 0 Å². The summed E-state index contributed by atoms with van der Waals surface area (Å²) in [5.74, 6) is 1.27. The highest BCUT2D eigenvalue weighted by atomic mass is 16.3. The minimum atomic E-state index is 0.0276. The second-order valence-electron chi connectivity index (χ2n) is 5.49. The largest absolute Gasteiger partial charge is 0.459 e. The van der Waals surface area contributed by atoms with Crippen LogP contribution in [0.2, 0.25) is 0 Å². The van der Waals surface area contributed by atoms with Gasteiger partial charge in [0.25, 0.3) is 5.91 Å². The first-order valence-electron chi connectivity index (χ1n) is 7.21. The summed E-state index contributed by atoms with van der Waals surface area (Å²) in [4.78, 5) is 14.5. The molecule has 19 heavy (non-hydrogen) atoms. The summed E-state index contributed by atoms with van der Waals surface area (Å²) in [5, 5.41) is 3.12. The molecule has 0 aliphatic heterocycles. The van der Waals surface area contributed by atoms with Crippen LogP contribution in [0.3, 0.4) is 0 Å². The van der Waals surface area contributed by atoms with Gasteiger partial charge >= 0.3 is 0 Å². The minimum Gasteiger partial charge on any atom is -0.459 e. The topological polar surface area (TPSA) is 45.5 Å². The molecule has 0 unspecified atom stereocenters. The third-order valence-corrected chi connectivity index (χ3v) is 4.02. The molecule has 2 rings (SSSR count). The lowest BCUT2D eigenvalue weighted by molar-refractivity contribution is 0.0586. The third kappa shape index (κ3) is 3.60. The summed E-state index contributed by atoms with van der Waals surface area (Å²) in [6, 6.07) is 3.88. The van der Waals surface area contributed by atoms with Crippen molar-refractivity contribution in [1.29, 1.82) is 0 Å². The molecule has 1 aliphatic carbocycles. The Kier molecular flexibility index (Phi) is 5.02. The van der Waals surface area contributed by atoms with Crippen molar-refractivity contribution in [3.8, 4) is 0 Å². The van der Waals surface area contributed by atoms with Crippen molar-refractivity contribution < 1.29 is 9.21 Å². The first kappa shape index (κ1) is 14.1. The van der Waals surface area contributed by atoms with E-state index in [4.69, 9.17) is 4.42 Å². The van der Waals surface area contributed by atoms with E-state index < -0.39 is 0 Å². The third-order valence-electron chi connectivity index (χ3n) is 4.02. The Morgan fingerprint density at radius 2 is 2.16 bits per heavy atom. The summed E-state index contributed by atoms with van der Waals surface area (Å²) in [6.45, 7) is 3.86. The number of hydrogen-bond acceptors (Lipinski definition) is 3. The standard InChI is InChI=1S/C15H24N2O2/c1-12-5-7-13(8-6-12)17(10-9-16-2)15(18)14-4-3-11-19-14/h3-4,11-13,16H,5-10H2,1-2H3/t12-,13-. The fraction of sp³-hybridized carbons (Fsp3) is 0.667. The molecule has 1 aliphatic rings.